The number of benzene rings is 1. The molecule has 5 nitrogen and oxygen atoms in total. The van der Waals surface area contributed by atoms with Gasteiger partial charge in [-0.1, -0.05) is 19.1 Å². The Hall–Kier alpha value is -2.11. The molecule has 1 unspecified atom stereocenters. The lowest BCUT2D eigenvalue weighted by Crippen LogP contribution is -2.32. The van der Waals surface area contributed by atoms with Gasteiger partial charge >= 0.3 is 6.09 Å². The van der Waals surface area contributed by atoms with Crippen molar-refractivity contribution in [2.75, 3.05) is 6.61 Å². The third-order valence-corrected chi connectivity index (χ3v) is 3.51. The third kappa shape index (κ3) is 6.98. The van der Waals surface area contributed by atoms with Gasteiger partial charge in [0.15, 0.2) is 0 Å². The molecule has 24 heavy (non-hydrogen) atoms. The van der Waals surface area contributed by atoms with Crippen LogP contribution in [0.3, 0.4) is 0 Å². The van der Waals surface area contributed by atoms with Gasteiger partial charge in [0.05, 0.1) is 6.61 Å². The largest absolute Gasteiger partial charge is 0.468 e. The molecule has 1 N–H and O–H groups in total. The van der Waals surface area contributed by atoms with E-state index in [4.69, 9.17) is 9.47 Å². The number of nitrogens with one attached hydrogen (secondary N) is 1. The lowest BCUT2D eigenvalue weighted by Gasteiger charge is -2.21. The summed E-state index contributed by atoms with van der Waals surface area (Å²) in [6.07, 6.45) is 0.768. The molecule has 0 aliphatic rings. The Bertz CT molecular complexity index is 554. The van der Waals surface area contributed by atoms with Crippen molar-refractivity contribution in [3.05, 3.63) is 35.1 Å². The van der Waals surface area contributed by atoms with Gasteiger partial charge in [0.25, 0.3) is 6.47 Å². The van der Waals surface area contributed by atoms with Gasteiger partial charge in [0.2, 0.25) is 0 Å². The number of rotatable bonds is 8. The van der Waals surface area contributed by atoms with E-state index >= 15 is 0 Å². The summed E-state index contributed by atoms with van der Waals surface area (Å²) in [6, 6.07) is 4.81. The zero-order valence-electron chi connectivity index (χ0n) is 14.7. The van der Waals surface area contributed by atoms with Gasteiger partial charge in [-0.3, -0.25) is 4.79 Å². The highest BCUT2D eigenvalue weighted by Gasteiger charge is 2.18. The Morgan fingerprint density at radius 3 is 2.67 bits per heavy atom. The molecule has 0 fully saturated rings. The number of alkyl carbamates (subject to hydrolysis) is 1. The normalized spacial score (nSPS) is 12.4. The Morgan fingerprint density at radius 2 is 2.08 bits per heavy atom. The van der Waals surface area contributed by atoms with E-state index in [9.17, 15) is 14.0 Å². The molecule has 0 saturated carbocycles. The Morgan fingerprint density at radius 1 is 1.38 bits per heavy atom. The summed E-state index contributed by atoms with van der Waals surface area (Å²) in [5, 5.41) is 2.58. The van der Waals surface area contributed by atoms with Crippen molar-refractivity contribution in [3.8, 4) is 0 Å². The number of amides is 1. The molecule has 0 aliphatic carbocycles. The Labute approximate surface area is 142 Å². The van der Waals surface area contributed by atoms with E-state index in [1.54, 1.807) is 26.8 Å². The van der Waals surface area contributed by atoms with E-state index in [2.05, 4.69) is 5.32 Å². The SMILES string of the molecule is CCC(COC=O)Cc1cccc(F)c1CNC(=O)OC(C)(C)C. The van der Waals surface area contributed by atoms with Crippen molar-refractivity contribution in [3.63, 3.8) is 0 Å². The van der Waals surface area contributed by atoms with E-state index in [1.807, 2.05) is 13.0 Å². The molecule has 0 spiro atoms. The monoisotopic (exact) mass is 339 g/mol. The van der Waals surface area contributed by atoms with Gasteiger partial charge in [-0.05, 0) is 51.2 Å². The molecular weight excluding hydrogens is 313 g/mol. The maximum absolute atomic E-state index is 14.2. The topological polar surface area (TPSA) is 64.6 Å². The van der Waals surface area contributed by atoms with Crippen LogP contribution in [-0.4, -0.2) is 24.8 Å². The minimum Gasteiger partial charge on any atom is -0.468 e. The van der Waals surface area contributed by atoms with Crippen molar-refractivity contribution in [2.45, 2.75) is 52.7 Å². The van der Waals surface area contributed by atoms with Crippen LogP contribution < -0.4 is 5.32 Å². The van der Waals surface area contributed by atoms with Crippen molar-refractivity contribution in [2.24, 2.45) is 5.92 Å². The van der Waals surface area contributed by atoms with Crippen LogP contribution in [-0.2, 0) is 27.2 Å². The Kier molecular flexibility index (Phi) is 7.68. The number of hydrogen-bond donors (Lipinski definition) is 1. The molecule has 0 saturated heterocycles. The lowest BCUT2D eigenvalue weighted by atomic mass is 9.94. The molecule has 1 amide bonds. The molecule has 0 aromatic heterocycles. The molecule has 1 aromatic carbocycles. The number of carbonyl (C=O) groups is 2. The minimum absolute atomic E-state index is 0.0435. The fraction of sp³-hybridized carbons (Fsp3) is 0.556. The highest BCUT2D eigenvalue weighted by Crippen LogP contribution is 2.20. The molecule has 134 valence electrons. The standard InChI is InChI=1S/C18H26FNO4/c1-5-13(11-23-12-21)9-14-7-6-8-16(19)15(14)10-20-17(22)24-18(2,3)4/h6-8,12-13H,5,9-11H2,1-4H3,(H,20,22). The predicted molar refractivity (Wildman–Crippen MR) is 89.0 cm³/mol. The summed E-state index contributed by atoms with van der Waals surface area (Å²) in [5.74, 6) is -0.285. The first-order chi connectivity index (χ1) is 11.3. The van der Waals surface area contributed by atoms with Gasteiger partial charge in [-0.2, -0.15) is 0 Å². The third-order valence-electron chi connectivity index (χ3n) is 3.51. The van der Waals surface area contributed by atoms with Crippen LogP contribution in [0.5, 0.6) is 0 Å². The van der Waals surface area contributed by atoms with Crippen molar-refractivity contribution in [1.29, 1.82) is 0 Å². The van der Waals surface area contributed by atoms with Crippen molar-refractivity contribution >= 4 is 12.6 Å². The Balaban J connectivity index is 2.79. The quantitative estimate of drug-likeness (QED) is 0.735. The van der Waals surface area contributed by atoms with Gasteiger partial charge in [-0.25, -0.2) is 9.18 Å². The van der Waals surface area contributed by atoms with E-state index in [-0.39, 0.29) is 24.9 Å². The molecule has 0 aliphatic heterocycles. The molecule has 1 rings (SSSR count). The van der Waals surface area contributed by atoms with Gasteiger partial charge < -0.3 is 14.8 Å². The fourth-order valence-corrected chi connectivity index (χ4v) is 2.27. The summed E-state index contributed by atoms with van der Waals surface area (Å²) in [4.78, 5) is 22.1. The van der Waals surface area contributed by atoms with E-state index in [1.165, 1.54) is 6.07 Å². The average molecular weight is 339 g/mol. The number of carbonyl (C=O) groups excluding carboxylic acids is 2. The summed E-state index contributed by atoms with van der Waals surface area (Å²) in [7, 11) is 0. The predicted octanol–water partition coefficient (Wildman–Crippen LogP) is 3.59. The lowest BCUT2D eigenvalue weighted by molar-refractivity contribution is -0.130. The number of ether oxygens (including phenoxy) is 2. The molecular formula is C18H26FNO4. The second-order valence-corrected chi connectivity index (χ2v) is 6.64. The first-order valence-electron chi connectivity index (χ1n) is 8.05. The van der Waals surface area contributed by atoms with Crippen LogP contribution >= 0.6 is 0 Å². The van der Waals surface area contributed by atoms with Gasteiger partial charge in [-0.15, -0.1) is 0 Å². The highest BCUT2D eigenvalue weighted by molar-refractivity contribution is 5.67. The van der Waals surface area contributed by atoms with Gasteiger partial charge in [0.1, 0.15) is 11.4 Å². The summed E-state index contributed by atoms with van der Waals surface area (Å²) >= 11 is 0. The first kappa shape index (κ1) is 19.9. The van der Waals surface area contributed by atoms with Crippen LogP contribution in [0.15, 0.2) is 18.2 Å². The van der Waals surface area contributed by atoms with Crippen LogP contribution in [0.1, 0.15) is 45.2 Å². The second kappa shape index (κ2) is 9.25. The van der Waals surface area contributed by atoms with Crippen LogP contribution in [0, 0.1) is 11.7 Å². The van der Waals surface area contributed by atoms with E-state index < -0.39 is 11.7 Å². The van der Waals surface area contributed by atoms with Crippen molar-refractivity contribution < 1.29 is 23.5 Å². The molecule has 1 aromatic rings. The fourth-order valence-electron chi connectivity index (χ4n) is 2.27. The van der Waals surface area contributed by atoms with Crippen LogP contribution in [0.4, 0.5) is 9.18 Å². The van der Waals surface area contributed by atoms with E-state index in [0.29, 0.717) is 18.5 Å². The summed E-state index contributed by atoms with van der Waals surface area (Å²) < 4.78 is 24.1. The molecule has 0 bridgehead atoms. The zero-order chi connectivity index (χ0) is 18.2. The highest BCUT2D eigenvalue weighted by atomic mass is 19.1. The average Bonchev–Trinajstić information content (AvgIpc) is 2.48. The number of hydrogen-bond acceptors (Lipinski definition) is 4. The minimum atomic E-state index is -0.610. The maximum Gasteiger partial charge on any atom is 0.407 e. The maximum atomic E-state index is 14.2. The molecule has 0 radical (unpaired) electrons. The number of halogens is 1. The molecule has 1 atom stereocenters. The second-order valence-electron chi connectivity index (χ2n) is 6.64. The van der Waals surface area contributed by atoms with E-state index in [0.717, 1.165) is 12.0 Å². The van der Waals surface area contributed by atoms with Crippen LogP contribution in [0.2, 0.25) is 0 Å². The molecule has 6 heteroatoms. The smallest absolute Gasteiger partial charge is 0.407 e. The summed E-state index contributed by atoms with van der Waals surface area (Å²) in [6.45, 7) is 8.02. The van der Waals surface area contributed by atoms with Crippen molar-refractivity contribution in [1.82, 2.24) is 5.32 Å². The van der Waals surface area contributed by atoms with Crippen LogP contribution in [0.25, 0.3) is 0 Å². The first-order valence-corrected chi connectivity index (χ1v) is 8.05. The molecule has 0 heterocycles. The zero-order valence-corrected chi connectivity index (χ0v) is 14.7. The summed E-state index contributed by atoms with van der Waals surface area (Å²) in [5.41, 5.74) is 0.599. The van der Waals surface area contributed by atoms with Gasteiger partial charge in [0, 0.05) is 12.1 Å².